The van der Waals surface area contributed by atoms with Gasteiger partial charge in [0.25, 0.3) is 0 Å². The molecule has 1 unspecified atom stereocenters. The highest BCUT2D eigenvalue weighted by Crippen LogP contribution is 2.25. The normalized spacial score (nSPS) is 20.2. The first-order valence-corrected chi connectivity index (χ1v) is 10.6. The Kier molecular flexibility index (Phi) is 5.14. The van der Waals surface area contributed by atoms with Crippen LogP contribution >= 0.6 is 0 Å². The van der Waals surface area contributed by atoms with Crippen molar-refractivity contribution >= 4 is 19.9 Å². The Morgan fingerprint density at radius 2 is 1.82 bits per heavy atom. The van der Waals surface area contributed by atoms with E-state index in [1.54, 1.807) is 12.1 Å². The van der Waals surface area contributed by atoms with Gasteiger partial charge in [0, 0.05) is 19.3 Å². The standard InChI is InChI=1S/C14H21NO5S2/c1-3-10-20-12-4-6-13(7-5-12)22(18,19)15-9-8-14(11-15)21(2,16)17/h4-7,14H,3,8-11H2,1-2H3. The van der Waals surface area contributed by atoms with Gasteiger partial charge in [-0.2, -0.15) is 4.31 Å². The molecule has 0 N–H and O–H groups in total. The second-order valence-corrected chi connectivity index (χ2v) is 9.69. The van der Waals surface area contributed by atoms with Gasteiger partial charge in [0.1, 0.15) is 5.75 Å². The van der Waals surface area contributed by atoms with Crippen LogP contribution in [0.15, 0.2) is 29.2 Å². The van der Waals surface area contributed by atoms with Gasteiger partial charge in [-0.15, -0.1) is 0 Å². The number of rotatable bonds is 6. The first-order valence-electron chi connectivity index (χ1n) is 7.17. The predicted molar refractivity (Wildman–Crippen MR) is 84.2 cm³/mol. The summed E-state index contributed by atoms with van der Waals surface area (Å²) in [5.74, 6) is 0.622. The number of hydrogen-bond donors (Lipinski definition) is 0. The van der Waals surface area contributed by atoms with E-state index >= 15 is 0 Å². The van der Waals surface area contributed by atoms with Crippen molar-refractivity contribution in [2.45, 2.75) is 29.9 Å². The van der Waals surface area contributed by atoms with Gasteiger partial charge in [0.05, 0.1) is 16.8 Å². The number of benzene rings is 1. The minimum atomic E-state index is -3.66. The van der Waals surface area contributed by atoms with Crippen LogP contribution in [-0.4, -0.2) is 52.3 Å². The van der Waals surface area contributed by atoms with Gasteiger partial charge in [-0.3, -0.25) is 0 Å². The number of hydrogen-bond acceptors (Lipinski definition) is 5. The number of sulfonamides is 1. The molecule has 1 atom stereocenters. The second kappa shape index (κ2) is 6.55. The maximum Gasteiger partial charge on any atom is 0.243 e. The molecular formula is C14H21NO5S2. The van der Waals surface area contributed by atoms with E-state index in [2.05, 4.69) is 0 Å². The molecule has 1 aromatic rings. The minimum absolute atomic E-state index is 0.0231. The molecule has 1 fully saturated rings. The van der Waals surface area contributed by atoms with E-state index in [-0.39, 0.29) is 18.0 Å². The van der Waals surface area contributed by atoms with Crippen molar-refractivity contribution < 1.29 is 21.6 Å². The molecule has 1 saturated heterocycles. The van der Waals surface area contributed by atoms with Gasteiger partial charge in [-0.1, -0.05) is 6.92 Å². The average molecular weight is 347 g/mol. The zero-order valence-electron chi connectivity index (χ0n) is 12.7. The topological polar surface area (TPSA) is 80.8 Å². The van der Waals surface area contributed by atoms with Crippen LogP contribution in [0.1, 0.15) is 19.8 Å². The van der Waals surface area contributed by atoms with Crippen LogP contribution in [0.25, 0.3) is 0 Å². The molecule has 0 bridgehead atoms. The molecule has 0 amide bonds. The number of nitrogens with zero attached hydrogens (tertiary/aromatic N) is 1. The Labute approximate surface area is 132 Å². The van der Waals surface area contributed by atoms with Crippen LogP contribution in [0.3, 0.4) is 0 Å². The summed E-state index contributed by atoms with van der Waals surface area (Å²) in [5, 5.41) is -0.616. The summed E-state index contributed by atoms with van der Waals surface area (Å²) in [5.41, 5.74) is 0. The molecule has 2 rings (SSSR count). The van der Waals surface area contributed by atoms with Crippen molar-refractivity contribution in [2.24, 2.45) is 0 Å². The van der Waals surface area contributed by atoms with Gasteiger partial charge in [0.15, 0.2) is 9.84 Å². The fourth-order valence-corrected chi connectivity index (χ4v) is 4.92. The summed E-state index contributed by atoms with van der Waals surface area (Å²) in [6.45, 7) is 2.82. The van der Waals surface area contributed by atoms with E-state index in [0.29, 0.717) is 18.8 Å². The lowest BCUT2D eigenvalue weighted by atomic mass is 10.3. The van der Waals surface area contributed by atoms with Crippen molar-refractivity contribution in [3.63, 3.8) is 0 Å². The van der Waals surface area contributed by atoms with Crippen LogP contribution in [-0.2, 0) is 19.9 Å². The van der Waals surface area contributed by atoms with E-state index in [0.717, 1.165) is 12.7 Å². The number of sulfone groups is 1. The molecular weight excluding hydrogens is 326 g/mol. The summed E-state index contributed by atoms with van der Waals surface area (Å²) in [4.78, 5) is 0.158. The van der Waals surface area contributed by atoms with Crippen molar-refractivity contribution in [3.05, 3.63) is 24.3 Å². The summed E-state index contributed by atoms with van der Waals surface area (Å²) in [7, 11) is -6.88. The van der Waals surface area contributed by atoms with Gasteiger partial charge in [-0.25, -0.2) is 16.8 Å². The molecule has 0 aromatic heterocycles. The lowest BCUT2D eigenvalue weighted by molar-refractivity contribution is 0.317. The Morgan fingerprint density at radius 1 is 1.18 bits per heavy atom. The molecule has 1 heterocycles. The van der Waals surface area contributed by atoms with Gasteiger partial charge in [-0.05, 0) is 37.1 Å². The van der Waals surface area contributed by atoms with Gasteiger partial charge >= 0.3 is 0 Å². The lowest BCUT2D eigenvalue weighted by Crippen LogP contribution is -2.31. The third-order valence-electron chi connectivity index (χ3n) is 3.65. The summed E-state index contributed by atoms with van der Waals surface area (Å²) >= 11 is 0. The van der Waals surface area contributed by atoms with Crippen molar-refractivity contribution in [1.29, 1.82) is 0 Å². The molecule has 0 saturated carbocycles. The molecule has 1 aliphatic rings. The second-order valence-electron chi connectivity index (χ2n) is 5.42. The van der Waals surface area contributed by atoms with Crippen LogP contribution < -0.4 is 4.74 Å². The summed E-state index contributed by atoms with van der Waals surface area (Å²) in [6.07, 6.45) is 2.37. The van der Waals surface area contributed by atoms with E-state index in [1.165, 1.54) is 16.4 Å². The smallest absolute Gasteiger partial charge is 0.243 e. The maximum atomic E-state index is 12.5. The van der Waals surface area contributed by atoms with Gasteiger partial charge in [0.2, 0.25) is 10.0 Å². The highest BCUT2D eigenvalue weighted by molar-refractivity contribution is 7.91. The lowest BCUT2D eigenvalue weighted by Gasteiger charge is -2.16. The Hall–Kier alpha value is -1.12. The molecule has 22 heavy (non-hydrogen) atoms. The van der Waals surface area contributed by atoms with Crippen molar-refractivity contribution in [3.8, 4) is 5.75 Å². The zero-order valence-corrected chi connectivity index (χ0v) is 14.4. The first kappa shape index (κ1) is 17.2. The Bertz CT molecular complexity index is 710. The molecule has 6 nitrogen and oxygen atoms in total. The first-order chi connectivity index (χ1) is 10.2. The van der Waals surface area contributed by atoms with Crippen LogP contribution in [0.5, 0.6) is 5.75 Å². The van der Waals surface area contributed by atoms with Gasteiger partial charge < -0.3 is 4.74 Å². The predicted octanol–water partition coefficient (Wildman–Crippen LogP) is 1.28. The van der Waals surface area contributed by atoms with Crippen LogP contribution in [0, 0.1) is 0 Å². The molecule has 1 aromatic carbocycles. The molecule has 1 aliphatic heterocycles. The monoisotopic (exact) mass is 347 g/mol. The summed E-state index contributed by atoms with van der Waals surface area (Å²) in [6, 6.07) is 6.22. The third-order valence-corrected chi connectivity index (χ3v) is 7.12. The molecule has 124 valence electrons. The van der Waals surface area contributed by atoms with Crippen molar-refractivity contribution in [2.75, 3.05) is 26.0 Å². The van der Waals surface area contributed by atoms with Crippen molar-refractivity contribution in [1.82, 2.24) is 4.31 Å². The third kappa shape index (κ3) is 3.80. The molecule has 0 radical (unpaired) electrons. The Balaban J connectivity index is 2.14. The van der Waals surface area contributed by atoms with E-state index in [4.69, 9.17) is 4.74 Å². The quantitative estimate of drug-likeness (QED) is 0.774. The zero-order chi connectivity index (χ0) is 16.4. The molecule has 0 aliphatic carbocycles. The molecule has 0 spiro atoms. The number of ether oxygens (including phenoxy) is 1. The van der Waals surface area contributed by atoms with E-state index in [1.807, 2.05) is 6.92 Å². The van der Waals surface area contributed by atoms with Crippen LogP contribution in [0.2, 0.25) is 0 Å². The highest BCUT2D eigenvalue weighted by atomic mass is 32.2. The Morgan fingerprint density at radius 3 is 2.32 bits per heavy atom. The fraction of sp³-hybridized carbons (Fsp3) is 0.571. The average Bonchev–Trinajstić information content (AvgIpc) is 2.96. The SMILES string of the molecule is CCCOc1ccc(S(=O)(=O)N2CCC(S(C)(=O)=O)C2)cc1. The van der Waals surface area contributed by atoms with E-state index in [9.17, 15) is 16.8 Å². The van der Waals surface area contributed by atoms with E-state index < -0.39 is 25.1 Å². The maximum absolute atomic E-state index is 12.5. The molecule has 8 heteroatoms. The highest BCUT2D eigenvalue weighted by Gasteiger charge is 2.36. The largest absolute Gasteiger partial charge is 0.494 e. The fourth-order valence-electron chi connectivity index (χ4n) is 2.34. The minimum Gasteiger partial charge on any atom is -0.494 e. The van der Waals surface area contributed by atoms with Crippen LogP contribution in [0.4, 0.5) is 0 Å². The summed E-state index contributed by atoms with van der Waals surface area (Å²) < 4.78 is 54.8.